The molecule has 1 aromatic rings. The second kappa shape index (κ2) is 8.92. The monoisotopic (exact) mass is 309 g/mol. The Morgan fingerprint density at radius 1 is 1.18 bits per heavy atom. The summed E-state index contributed by atoms with van der Waals surface area (Å²) >= 11 is 0. The van der Waals surface area contributed by atoms with Crippen molar-refractivity contribution in [3.63, 3.8) is 0 Å². The first kappa shape index (κ1) is 17.8. The van der Waals surface area contributed by atoms with Crippen LogP contribution in [0, 0.1) is 0 Å². The maximum absolute atomic E-state index is 11.9. The molecule has 1 atom stereocenters. The normalized spacial score (nSPS) is 11.5. The minimum atomic E-state index is -0.371. The van der Waals surface area contributed by atoms with Crippen molar-refractivity contribution in [3.8, 4) is 11.5 Å². The number of benzene rings is 1. The standard InChI is InChI=1S/C16H23NO5/c1-5-22-16(19)9-8-15(18)17-11(2)13-10-12(20-3)6-7-14(13)21-4/h6-7,10-11H,5,8-9H2,1-4H3,(H,17,18)/t11-/m1/s1. The molecule has 6 nitrogen and oxygen atoms in total. The number of esters is 1. The maximum atomic E-state index is 11.9. The zero-order chi connectivity index (χ0) is 16.5. The third-order valence-electron chi connectivity index (χ3n) is 3.14. The third-order valence-corrected chi connectivity index (χ3v) is 3.14. The van der Waals surface area contributed by atoms with Crippen molar-refractivity contribution >= 4 is 11.9 Å². The third kappa shape index (κ3) is 5.27. The molecular formula is C16H23NO5. The van der Waals surface area contributed by atoms with E-state index in [1.807, 2.05) is 13.0 Å². The van der Waals surface area contributed by atoms with Crippen LogP contribution in [-0.4, -0.2) is 32.7 Å². The summed E-state index contributed by atoms with van der Waals surface area (Å²) in [6, 6.07) is 5.13. The second-order valence-corrected chi connectivity index (χ2v) is 4.70. The molecule has 0 unspecified atom stereocenters. The van der Waals surface area contributed by atoms with E-state index in [9.17, 15) is 9.59 Å². The van der Waals surface area contributed by atoms with E-state index in [0.29, 0.717) is 18.1 Å². The predicted molar refractivity (Wildman–Crippen MR) is 82.0 cm³/mol. The van der Waals surface area contributed by atoms with E-state index in [4.69, 9.17) is 14.2 Å². The summed E-state index contributed by atoms with van der Waals surface area (Å²) in [4.78, 5) is 23.1. The summed E-state index contributed by atoms with van der Waals surface area (Å²) in [6.07, 6.45) is 0.164. The molecule has 0 spiro atoms. The van der Waals surface area contributed by atoms with Gasteiger partial charge in [0.1, 0.15) is 11.5 Å². The summed E-state index contributed by atoms with van der Waals surface area (Å²) in [5.41, 5.74) is 0.811. The number of carbonyl (C=O) groups is 2. The number of hydrogen-bond donors (Lipinski definition) is 1. The van der Waals surface area contributed by atoms with Crippen LogP contribution in [-0.2, 0) is 14.3 Å². The van der Waals surface area contributed by atoms with Crippen LogP contribution < -0.4 is 14.8 Å². The van der Waals surface area contributed by atoms with Crippen LogP contribution in [0.2, 0.25) is 0 Å². The first-order valence-electron chi connectivity index (χ1n) is 7.18. The van der Waals surface area contributed by atoms with E-state index in [1.54, 1.807) is 33.3 Å². The van der Waals surface area contributed by atoms with E-state index in [-0.39, 0.29) is 30.8 Å². The fourth-order valence-corrected chi connectivity index (χ4v) is 2.02. The van der Waals surface area contributed by atoms with Crippen LogP contribution in [0.1, 0.15) is 38.3 Å². The fraction of sp³-hybridized carbons (Fsp3) is 0.500. The van der Waals surface area contributed by atoms with Gasteiger partial charge in [-0.25, -0.2) is 0 Å². The molecule has 0 aliphatic heterocycles. The highest BCUT2D eigenvalue weighted by atomic mass is 16.5. The zero-order valence-electron chi connectivity index (χ0n) is 13.5. The molecule has 1 amide bonds. The lowest BCUT2D eigenvalue weighted by molar-refractivity contribution is -0.144. The van der Waals surface area contributed by atoms with Crippen LogP contribution in [0.5, 0.6) is 11.5 Å². The van der Waals surface area contributed by atoms with Crippen LogP contribution in [0.3, 0.4) is 0 Å². The molecule has 1 N–H and O–H groups in total. The average Bonchev–Trinajstić information content (AvgIpc) is 2.52. The van der Waals surface area contributed by atoms with Crippen molar-refractivity contribution in [1.82, 2.24) is 5.32 Å². The molecule has 6 heteroatoms. The Hall–Kier alpha value is -2.24. The lowest BCUT2D eigenvalue weighted by Gasteiger charge is -2.18. The smallest absolute Gasteiger partial charge is 0.306 e. The SMILES string of the molecule is CCOC(=O)CCC(=O)N[C@H](C)c1cc(OC)ccc1OC. The lowest BCUT2D eigenvalue weighted by atomic mass is 10.1. The van der Waals surface area contributed by atoms with Crippen LogP contribution in [0.15, 0.2) is 18.2 Å². The minimum absolute atomic E-state index is 0.0711. The Kier molecular flexibility index (Phi) is 7.22. The Balaban J connectivity index is 2.66. The van der Waals surface area contributed by atoms with Gasteiger partial charge in [-0.1, -0.05) is 0 Å². The molecule has 0 saturated heterocycles. The van der Waals surface area contributed by atoms with Gasteiger partial charge in [0.05, 0.1) is 33.3 Å². The zero-order valence-corrected chi connectivity index (χ0v) is 13.5. The molecule has 0 heterocycles. The molecule has 0 aliphatic rings. The number of ether oxygens (including phenoxy) is 3. The van der Waals surface area contributed by atoms with E-state index in [2.05, 4.69) is 5.32 Å². The molecule has 0 bridgehead atoms. The topological polar surface area (TPSA) is 73.9 Å². The Morgan fingerprint density at radius 2 is 1.91 bits per heavy atom. The van der Waals surface area contributed by atoms with Crippen molar-refractivity contribution in [1.29, 1.82) is 0 Å². The van der Waals surface area contributed by atoms with Crippen molar-refractivity contribution in [2.75, 3.05) is 20.8 Å². The number of nitrogens with one attached hydrogen (secondary N) is 1. The van der Waals surface area contributed by atoms with E-state index >= 15 is 0 Å². The first-order valence-corrected chi connectivity index (χ1v) is 7.18. The van der Waals surface area contributed by atoms with Crippen LogP contribution in [0.4, 0.5) is 0 Å². The summed E-state index contributed by atoms with van der Waals surface area (Å²) < 4.78 is 15.3. The molecule has 1 aromatic carbocycles. The van der Waals surface area contributed by atoms with E-state index in [1.165, 1.54) is 0 Å². The quantitative estimate of drug-likeness (QED) is 0.745. The molecule has 0 radical (unpaired) electrons. The Labute approximate surface area is 130 Å². The van der Waals surface area contributed by atoms with E-state index < -0.39 is 0 Å². The van der Waals surface area contributed by atoms with Gasteiger partial charge in [-0.05, 0) is 32.0 Å². The Bertz CT molecular complexity index is 515. The molecular weight excluding hydrogens is 286 g/mol. The largest absolute Gasteiger partial charge is 0.497 e. The minimum Gasteiger partial charge on any atom is -0.497 e. The number of methoxy groups -OCH3 is 2. The van der Waals surface area contributed by atoms with Crippen molar-refractivity contribution in [2.45, 2.75) is 32.7 Å². The maximum Gasteiger partial charge on any atom is 0.306 e. The summed E-state index contributed by atoms with van der Waals surface area (Å²) in [7, 11) is 3.15. The van der Waals surface area contributed by atoms with Crippen molar-refractivity contribution < 1.29 is 23.8 Å². The van der Waals surface area contributed by atoms with E-state index in [0.717, 1.165) is 5.56 Å². The van der Waals surface area contributed by atoms with Gasteiger partial charge in [-0.3, -0.25) is 9.59 Å². The predicted octanol–water partition coefficient (Wildman–Crippen LogP) is 2.22. The van der Waals surface area contributed by atoms with Crippen molar-refractivity contribution in [2.24, 2.45) is 0 Å². The molecule has 0 aromatic heterocycles. The number of hydrogen-bond acceptors (Lipinski definition) is 5. The molecule has 122 valence electrons. The van der Waals surface area contributed by atoms with Gasteiger partial charge in [-0.2, -0.15) is 0 Å². The highest BCUT2D eigenvalue weighted by molar-refractivity contribution is 5.81. The van der Waals surface area contributed by atoms with Gasteiger partial charge in [0.2, 0.25) is 5.91 Å². The number of rotatable bonds is 8. The molecule has 0 aliphatic carbocycles. The van der Waals surface area contributed by atoms with Gasteiger partial charge in [0, 0.05) is 12.0 Å². The fourth-order valence-electron chi connectivity index (χ4n) is 2.02. The molecule has 0 fully saturated rings. The second-order valence-electron chi connectivity index (χ2n) is 4.70. The molecule has 22 heavy (non-hydrogen) atoms. The lowest BCUT2D eigenvalue weighted by Crippen LogP contribution is -2.27. The highest BCUT2D eigenvalue weighted by Crippen LogP contribution is 2.29. The Morgan fingerprint density at radius 3 is 2.50 bits per heavy atom. The first-order chi connectivity index (χ1) is 10.5. The van der Waals surface area contributed by atoms with Gasteiger partial charge in [0.25, 0.3) is 0 Å². The summed E-state index contributed by atoms with van der Waals surface area (Å²) in [5, 5.41) is 2.84. The van der Waals surface area contributed by atoms with Crippen LogP contribution >= 0.6 is 0 Å². The number of amides is 1. The number of carbonyl (C=O) groups excluding carboxylic acids is 2. The van der Waals surface area contributed by atoms with Crippen LogP contribution in [0.25, 0.3) is 0 Å². The molecule has 0 saturated carbocycles. The van der Waals surface area contributed by atoms with Gasteiger partial charge >= 0.3 is 5.97 Å². The van der Waals surface area contributed by atoms with Gasteiger partial charge in [-0.15, -0.1) is 0 Å². The highest BCUT2D eigenvalue weighted by Gasteiger charge is 2.16. The summed E-state index contributed by atoms with van der Waals surface area (Å²) in [6.45, 7) is 3.90. The molecule has 1 rings (SSSR count). The average molecular weight is 309 g/mol. The van der Waals surface area contributed by atoms with Gasteiger partial charge < -0.3 is 19.5 Å². The van der Waals surface area contributed by atoms with Crippen molar-refractivity contribution in [3.05, 3.63) is 23.8 Å². The summed E-state index contributed by atoms with van der Waals surface area (Å²) in [5.74, 6) is 0.761. The van der Waals surface area contributed by atoms with Gasteiger partial charge in [0.15, 0.2) is 0 Å².